The van der Waals surface area contributed by atoms with Crippen LogP contribution in [-0.4, -0.2) is 30.6 Å². The quantitative estimate of drug-likeness (QED) is 0.792. The molecule has 0 aliphatic rings. The zero-order valence-electron chi connectivity index (χ0n) is 9.64. The van der Waals surface area contributed by atoms with Gasteiger partial charge in [-0.25, -0.2) is 0 Å². The van der Waals surface area contributed by atoms with Crippen LogP contribution in [-0.2, 0) is 0 Å². The molecule has 1 heterocycles. The Hall–Kier alpha value is -2.08. The first kappa shape index (κ1) is 12.4. The van der Waals surface area contributed by atoms with Gasteiger partial charge in [0.2, 0.25) is 12.1 Å². The highest BCUT2D eigenvalue weighted by Crippen LogP contribution is 2.38. The lowest BCUT2D eigenvalue weighted by Gasteiger charge is -2.10. The number of ether oxygens (including phenoxy) is 2. The molecule has 0 radical (unpaired) electrons. The summed E-state index contributed by atoms with van der Waals surface area (Å²) in [5.41, 5.74) is 0.564. The summed E-state index contributed by atoms with van der Waals surface area (Å²) in [6.45, 7) is 0. The zero-order valence-corrected chi connectivity index (χ0v) is 10.4. The molecule has 1 aromatic carbocycles. The Morgan fingerprint density at radius 2 is 2.11 bits per heavy atom. The first-order valence-corrected chi connectivity index (χ1v) is 5.28. The number of hydrogen-bond acceptors (Lipinski definition) is 6. The van der Waals surface area contributed by atoms with Crippen molar-refractivity contribution in [2.45, 2.75) is 0 Å². The predicted molar refractivity (Wildman–Crippen MR) is 63.2 cm³/mol. The summed E-state index contributed by atoms with van der Waals surface area (Å²) in [5.74, 6) is 1.01. The second kappa shape index (κ2) is 5.05. The molecule has 0 N–H and O–H groups in total. The van der Waals surface area contributed by atoms with Crippen molar-refractivity contribution in [3.8, 4) is 22.9 Å². The smallest absolute Gasteiger partial charge is 0.291 e. The number of carbonyl (C=O) groups excluding carboxylic acids is 1. The minimum absolute atomic E-state index is 0.101. The molecule has 0 bridgehead atoms. The van der Waals surface area contributed by atoms with Crippen molar-refractivity contribution in [3.63, 3.8) is 0 Å². The van der Waals surface area contributed by atoms with Crippen LogP contribution in [0.3, 0.4) is 0 Å². The number of carbonyl (C=O) groups is 1. The van der Waals surface area contributed by atoms with Crippen LogP contribution in [0.1, 0.15) is 10.7 Å². The van der Waals surface area contributed by atoms with Gasteiger partial charge in [0.25, 0.3) is 5.89 Å². The normalized spacial score (nSPS) is 10.2. The molecule has 6 nitrogen and oxygen atoms in total. The predicted octanol–water partition coefficient (Wildman–Crippen LogP) is 2.22. The van der Waals surface area contributed by atoms with E-state index in [-0.39, 0.29) is 11.7 Å². The highest BCUT2D eigenvalue weighted by molar-refractivity contribution is 6.32. The van der Waals surface area contributed by atoms with Gasteiger partial charge in [0.05, 0.1) is 19.2 Å². The van der Waals surface area contributed by atoms with E-state index in [0.29, 0.717) is 28.4 Å². The van der Waals surface area contributed by atoms with Gasteiger partial charge in [-0.15, -0.1) is 0 Å². The van der Waals surface area contributed by atoms with E-state index >= 15 is 0 Å². The third kappa shape index (κ3) is 2.14. The molecule has 0 atom stereocenters. The van der Waals surface area contributed by atoms with Gasteiger partial charge < -0.3 is 14.0 Å². The fraction of sp³-hybridized carbons (Fsp3) is 0.182. The first-order chi connectivity index (χ1) is 8.69. The van der Waals surface area contributed by atoms with E-state index in [2.05, 4.69) is 10.1 Å². The fourth-order valence-electron chi connectivity index (χ4n) is 1.45. The number of hydrogen-bond donors (Lipinski definition) is 0. The monoisotopic (exact) mass is 268 g/mol. The maximum atomic E-state index is 10.5. The Balaban J connectivity index is 2.51. The van der Waals surface area contributed by atoms with E-state index in [4.69, 9.17) is 25.6 Å². The molecule has 0 saturated heterocycles. The number of rotatable bonds is 4. The number of nitrogens with zero attached hydrogens (tertiary/aromatic N) is 2. The molecule has 94 valence electrons. The highest BCUT2D eigenvalue weighted by Gasteiger charge is 2.15. The molecule has 0 amide bonds. The summed E-state index contributed by atoms with van der Waals surface area (Å²) in [6.07, 6.45) is 0.471. The van der Waals surface area contributed by atoms with Gasteiger partial charge in [0.1, 0.15) is 0 Å². The maximum absolute atomic E-state index is 10.5. The largest absolute Gasteiger partial charge is 0.493 e. The van der Waals surface area contributed by atoms with Gasteiger partial charge in [-0.05, 0) is 12.1 Å². The summed E-state index contributed by atoms with van der Waals surface area (Å²) in [5, 5.41) is 4.01. The van der Waals surface area contributed by atoms with Crippen molar-refractivity contribution in [1.29, 1.82) is 0 Å². The third-order valence-electron chi connectivity index (χ3n) is 2.23. The SMILES string of the molecule is COc1cc(-c2noc(C=O)n2)cc(Cl)c1OC. The molecular formula is C11H9ClN2O4. The Labute approximate surface area is 107 Å². The van der Waals surface area contributed by atoms with Crippen molar-refractivity contribution in [1.82, 2.24) is 10.1 Å². The lowest BCUT2D eigenvalue weighted by Crippen LogP contribution is -1.93. The average Bonchev–Trinajstić information content (AvgIpc) is 2.86. The summed E-state index contributed by atoms with van der Waals surface area (Å²) in [4.78, 5) is 14.3. The van der Waals surface area contributed by atoms with Crippen LogP contribution in [0, 0.1) is 0 Å². The molecule has 0 saturated carbocycles. The molecule has 0 aliphatic carbocycles. The lowest BCUT2D eigenvalue weighted by atomic mass is 10.2. The van der Waals surface area contributed by atoms with Crippen LogP contribution in [0.25, 0.3) is 11.4 Å². The van der Waals surface area contributed by atoms with E-state index < -0.39 is 0 Å². The lowest BCUT2D eigenvalue weighted by molar-refractivity contribution is 0.108. The van der Waals surface area contributed by atoms with Crippen LogP contribution in [0.5, 0.6) is 11.5 Å². The second-order valence-corrected chi connectivity index (χ2v) is 3.67. The zero-order chi connectivity index (χ0) is 13.1. The standard InChI is InChI=1S/C11H9ClN2O4/c1-16-8-4-6(3-7(12)10(8)17-2)11-13-9(5-15)18-14-11/h3-5H,1-2H3. The van der Waals surface area contributed by atoms with Crippen molar-refractivity contribution in [2.24, 2.45) is 0 Å². The fourth-order valence-corrected chi connectivity index (χ4v) is 1.74. The highest BCUT2D eigenvalue weighted by atomic mass is 35.5. The first-order valence-electron chi connectivity index (χ1n) is 4.90. The number of benzene rings is 1. The van der Waals surface area contributed by atoms with Gasteiger partial charge in [-0.1, -0.05) is 16.8 Å². The van der Waals surface area contributed by atoms with Crippen LogP contribution in [0.15, 0.2) is 16.7 Å². The molecule has 1 aromatic heterocycles. The number of halogens is 1. The molecule has 0 aliphatic heterocycles. The van der Waals surface area contributed by atoms with E-state index in [1.54, 1.807) is 12.1 Å². The van der Waals surface area contributed by atoms with E-state index in [9.17, 15) is 4.79 Å². The third-order valence-corrected chi connectivity index (χ3v) is 2.52. The Bertz CT molecular complexity index is 582. The summed E-state index contributed by atoms with van der Waals surface area (Å²) < 4.78 is 14.9. The van der Waals surface area contributed by atoms with E-state index in [0.717, 1.165) is 0 Å². The minimum Gasteiger partial charge on any atom is -0.493 e. The van der Waals surface area contributed by atoms with Crippen molar-refractivity contribution in [3.05, 3.63) is 23.0 Å². The van der Waals surface area contributed by atoms with E-state index in [1.807, 2.05) is 0 Å². The number of aromatic nitrogens is 2. The van der Waals surface area contributed by atoms with Crippen LogP contribution in [0.4, 0.5) is 0 Å². The van der Waals surface area contributed by atoms with Gasteiger partial charge >= 0.3 is 0 Å². The molecule has 0 fully saturated rings. The van der Waals surface area contributed by atoms with Crippen LogP contribution < -0.4 is 9.47 Å². The number of methoxy groups -OCH3 is 2. The van der Waals surface area contributed by atoms with Crippen LogP contribution >= 0.6 is 11.6 Å². The minimum atomic E-state index is -0.101. The van der Waals surface area contributed by atoms with E-state index in [1.165, 1.54) is 14.2 Å². The van der Waals surface area contributed by atoms with Crippen molar-refractivity contribution < 1.29 is 18.8 Å². The topological polar surface area (TPSA) is 74.5 Å². The van der Waals surface area contributed by atoms with Crippen LogP contribution in [0.2, 0.25) is 5.02 Å². The molecule has 18 heavy (non-hydrogen) atoms. The molecule has 7 heteroatoms. The average molecular weight is 269 g/mol. The van der Waals surface area contributed by atoms with Crippen molar-refractivity contribution >= 4 is 17.9 Å². The Kier molecular flexibility index (Phi) is 3.47. The molecule has 0 spiro atoms. The van der Waals surface area contributed by atoms with Gasteiger partial charge in [0, 0.05) is 5.56 Å². The molecule has 0 unspecified atom stereocenters. The molecule has 2 aromatic rings. The Morgan fingerprint density at radius 1 is 1.33 bits per heavy atom. The Morgan fingerprint density at radius 3 is 2.67 bits per heavy atom. The molecular weight excluding hydrogens is 260 g/mol. The van der Waals surface area contributed by atoms with Crippen molar-refractivity contribution in [2.75, 3.05) is 14.2 Å². The van der Waals surface area contributed by atoms with Gasteiger partial charge in [0.15, 0.2) is 11.5 Å². The summed E-state index contributed by atoms with van der Waals surface area (Å²) >= 11 is 6.04. The van der Waals surface area contributed by atoms with Gasteiger partial charge in [-0.3, -0.25) is 4.79 Å². The second-order valence-electron chi connectivity index (χ2n) is 3.27. The van der Waals surface area contributed by atoms with Gasteiger partial charge in [-0.2, -0.15) is 4.98 Å². The number of aldehydes is 1. The molecule has 2 rings (SSSR count). The summed E-state index contributed by atoms with van der Waals surface area (Å²) in [6, 6.07) is 3.24. The maximum Gasteiger partial charge on any atom is 0.291 e. The summed E-state index contributed by atoms with van der Waals surface area (Å²) in [7, 11) is 2.98.